The van der Waals surface area contributed by atoms with E-state index in [0.717, 1.165) is 18.7 Å². The zero-order valence-corrected chi connectivity index (χ0v) is 8.86. The molecule has 1 aliphatic rings. The van der Waals surface area contributed by atoms with Gasteiger partial charge in [-0.1, -0.05) is 6.07 Å². The molecule has 4 heteroatoms. The third kappa shape index (κ3) is 2.46. The molecule has 0 spiro atoms. The average Bonchev–Trinajstić information content (AvgIpc) is 2.65. The van der Waals surface area contributed by atoms with Crippen LogP contribution in [0.25, 0.3) is 0 Å². The fourth-order valence-corrected chi connectivity index (χ4v) is 1.89. The number of aliphatic hydroxyl groups is 1. The normalized spacial score (nSPS) is 25.5. The van der Waals surface area contributed by atoms with Crippen molar-refractivity contribution < 1.29 is 9.84 Å². The minimum absolute atomic E-state index is 0.581. The fourth-order valence-electron chi connectivity index (χ4n) is 1.89. The Kier molecular flexibility index (Phi) is 2.88. The van der Waals surface area contributed by atoms with Gasteiger partial charge in [0.15, 0.2) is 0 Å². The van der Waals surface area contributed by atoms with E-state index in [-0.39, 0.29) is 0 Å². The van der Waals surface area contributed by atoms with Crippen LogP contribution in [0.4, 0.5) is 0 Å². The molecule has 1 aliphatic heterocycles. The molecule has 82 valence electrons. The Balaban J connectivity index is 2.09. The van der Waals surface area contributed by atoms with Crippen LogP contribution in [0.2, 0.25) is 0 Å². The third-order valence-electron chi connectivity index (χ3n) is 2.72. The minimum Gasteiger partial charge on any atom is -0.481 e. The van der Waals surface area contributed by atoms with Gasteiger partial charge in [-0.3, -0.25) is 0 Å². The van der Waals surface area contributed by atoms with Crippen molar-refractivity contribution in [2.24, 2.45) is 0 Å². The summed E-state index contributed by atoms with van der Waals surface area (Å²) in [5, 5.41) is 13.3. The second-order valence-corrected chi connectivity index (χ2v) is 4.00. The maximum Gasteiger partial charge on any atom is 0.213 e. The summed E-state index contributed by atoms with van der Waals surface area (Å²) < 4.78 is 5.04. The van der Waals surface area contributed by atoms with Gasteiger partial charge in [-0.15, -0.1) is 0 Å². The van der Waals surface area contributed by atoms with E-state index in [1.54, 1.807) is 13.2 Å². The van der Waals surface area contributed by atoms with Crippen LogP contribution in [0.3, 0.4) is 0 Å². The standard InChI is InChI=1S/C11H16N2O2/c1-15-10-4-2-3-9(13-10)7-11(14)5-6-12-8-11/h2-4,12,14H,5-8H2,1H3. The van der Waals surface area contributed by atoms with Crippen molar-refractivity contribution in [2.75, 3.05) is 20.2 Å². The molecule has 1 saturated heterocycles. The monoisotopic (exact) mass is 208 g/mol. The Morgan fingerprint density at radius 1 is 1.60 bits per heavy atom. The van der Waals surface area contributed by atoms with Crippen LogP contribution in [-0.4, -0.2) is 35.9 Å². The lowest BCUT2D eigenvalue weighted by molar-refractivity contribution is 0.0608. The van der Waals surface area contributed by atoms with E-state index in [1.165, 1.54) is 0 Å². The van der Waals surface area contributed by atoms with Gasteiger partial charge < -0.3 is 15.2 Å². The first kappa shape index (κ1) is 10.4. The first-order valence-corrected chi connectivity index (χ1v) is 5.15. The van der Waals surface area contributed by atoms with Crippen molar-refractivity contribution in [1.82, 2.24) is 10.3 Å². The highest BCUT2D eigenvalue weighted by Crippen LogP contribution is 2.20. The van der Waals surface area contributed by atoms with Gasteiger partial charge in [0.1, 0.15) is 0 Å². The molecule has 0 aliphatic carbocycles. The number of ether oxygens (including phenoxy) is 1. The first-order valence-electron chi connectivity index (χ1n) is 5.15. The van der Waals surface area contributed by atoms with Crippen LogP contribution in [0.15, 0.2) is 18.2 Å². The number of aromatic nitrogens is 1. The van der Waals surface area contributed by atoms with Crippen LogP contribution in [-0.2, 0) is 6.42 Å². The zero-order valence-electron chi connectivity index (χ0n) is 8.86. The molecule has 1 aromatic heterocycles. The summed E-state index contributed by atoms with van der Waals surface area (Å²) in [5.41, 5.74) is 0.236. The molecule has 0 radical (unpaired) electrons. The Labute approximate surface area is 89.3 Å². The Morgan fingerprint density at radius 2 is 2.47 bits per heavy atom. The fraction of sp³-hybridized carbons (Fsp3) is 0.545. The van der Waals surface area contributed by atoms with Crippen molar-refractivity contribution in [2.45, 2.75) is 18.4 Å². The summed E-state index contributed by atoms with van der Waals surface area (Å²) in [7, 11) is 1.60. The smallest absolute Gasteiger partial charge is 0.213 e. The Hall–Kier alpha value is -1.13. The predicted octanol–water partition coefficient (Wildman–Crippen LogP) is 0.357. The summed E-state index contributed by atoms with van der Waals surface area (Å²) in [6.45, 7) is 1.52. The molecule has 2 N–H and O–H groups in total. The van der Waals surface area contributed by atoms with Crippen molar-refractivity contribution >= 4 is 0 Å². The summed E-state index contributed by atoms with van der Waals surface area (Å²) in [6, 6.07) is 5.62. The summed E-state index contributed by atoms with van der Waals surface area (Å²) >= 11 is 0. The van der Waals surface area contributed by atoms with Crippen molar-refractivity contribution in [3.63, 3.8) is 0 Å². The number of hydrogen-bond donors (Lipinski definition) is 2. The average molecular weight is 208 g/mol. The van der Waals surface area contributed by atoms with Gasteiger partial charge >= 0.3 is 0 Å². The number of nitrogens with zero attached hydrogens (tertiary/aromatic N) is 1. The van der Waals surface area contributed by atoms with E-state index in [9.17, 15) is 5.11 Å². The van der Waals surface area contributed by atoms with E-state index >= 15 is 0 Å². The third-order valence-corrected chi connectivity index (χ3v) is 2.72. The molecule has 0 bridgehead atoms. The number of nitrogens with one attached hydrogen (secondary N) is 1. The Bertz CT molecular complexity index is 335. The predicted molar refractivity (Wildman–Crippen MR) is 56.9 cm³/mol. The van der Waals surface area contributed by atoms with Gasteiger partial charge in [-0.25, -0.2) is 4.98 Å². The molecule has 1 fully saturated rings. The number of hydrogen-bond acceptors (Lipinski definition) is 4. The summed E-state index contributed by atoms with van der Waals surface area (Å²) in [4.78, 5) is 4.29. The molecular formula is C11H16N2O2. The van der Waals surface area contributed by atoms with Crippen LogP contribution in [0.1, 0.15) is 12.1 Å². The van der Waals surface area contributed by atoms with Gasteiger partial charge in [-0.05, 0) is 19.0 Å². The highest BCUT2D eigenvalue weighted by molar-refractivity contribution is 5.17. The molecule has 1 aromatic rings. The Morgan fingerprint density at radius 3 is 3.13 bits per heavy atom. The van der Waals surface area contributed by atoms with E-state index in [4.69, 9.17) is 4.74 Å². The molecule has 0 saturated carbocycles. The molecule has 0 amide bonds. The topological polar surface area (TPSA) is 54.4 Å². The lowest BCUT2D eigenvalue weighted by atomic mass is 9.97. The maximum absolute atomic E-state index is 10.2. The molecule has 1 atom stereocenters. The maximum atomic E-state index is 10.2. The van der Waals surface area contributed by atoms with Crippen LogP contribution < -0.4 is 10.1 Å². The highest BCUT2D eigenvalue weighted by Gasteiger charge is 2.31. The van der Waals surface area contributed by atoms with Crippen molar-refractivity contribution in [3.8, 4) is 5.88 Å². The number of pyridine rings is 1. The quantitative estimate of drug-likeness (QED) is 0.753. The van der Waals surface area contributed by atoms with Gasteiger partial charge in [0, 0.05) is 24.7 Å². The largest absolute Gasteiger partial charge is 0.481 e. The molecule has 1 unspecified atom stereocenters. The number of rotatable bonds is 3. The highest BCUT2D eigenvalue weighted by atomic mass is 16.5. The van der Waals surface area contributed by atoms with Crippen molar-refractivity contribution in [1.29, 1.82) is 0 Å². The second kappa shape index (κ2) is 4.16. The van der Waals surface area contributed by atoms with Crippen LogP contribution >= 0.6 is 0 Å². The van der Waals surface area contributed by atoms with E-state index < -0.39 is 5.60 Å². The molecule has 15 heavy (non-hydrogen) atoms. The van der Waals surface area contributed by atoms with Crippen molar-refractivity contribution in [3.05, 3.63) is 23.9 Å². The number of methoxy groups -OCH3 is 1. The zero-order chi connectivity index (χ0) is 10.7. The van der Waals surface area contributed by atoms with Crippen LogP contribution in [0.5, 0.6) is 5.88 Å². The van der Waals surface area contributed by atoms with E-state index in [2.05, 4.69) is 10.3 Å². The molecule has 2 rings (SSSR count). The lowest BCUT2D eigenvalue weighted by Gasteiger charge is -2.20. The van der Waals surface area contributed by atoms with Gasteiger partial charge in [0.2, 0.25) is 5.88 Å². The van der Waals surface area contributed by atoms with E-state index in [0.29, 0.717) is 18.8 Å². The molecule has 2 heterocycles. The second-order valence-electron chi connectivity index (χ2n) is 4.00. The van der Waals surface area contributed by atoms with Gasteiger partial charge in [-0.2, -0.15) is 0 Å². The van der Waals surface area contributed by atoms with Gasteiger partial charge in [0.25, 0.3) is 0 Å². The molecule has 4 nitrogen and oxygen atoms in total. The SMILES string of the molecule is COc1cccc(CC2(O)CCNC2)n1. The minimum atomic E-state index is -0.640. The summed E-state index contributed by atoms with van der Waals surface area (Å²) in [6.07, 6.45) is 1.36. The molecule has 0 aromatic carbocycles. The van der Waals surface area contributed by atoms with E-state index in [1.807, 2.05) is 12.1 Å². The lowest BCUT2D eigenvalue weighted by Crippen LogP contribution is -2.34. The summed E-state index contributed by atoms with van der Waals surface area (Å²) in [5.74, 6) is 0.599. The van der Waals surface area contributed by atoms with Gasteiger partial charge in [0.05, 0.1) is 12.7 Å². The van der Waals surface area contributed by atoms with Crippen LogP contribution in [0, 0.1) is 0 Å². The number of β-amino-alcohol motifs (C(OH)–C–C–N with tert-alkyl or cyclic N) is 1. The first-order chi connectivity index (χ1) is 7.22. The molecular weight excluding hydrogens is 192 g/mol.